The predicted molar refractivity (Wildman–Crippen MR) is 101 cm³/mol. The van der Waals surface area contributed by atoms with E-state index in [9.17, 15) is 0 Å². The molecule has 0 aliphatic carbocycles. The van der Waals surface area contributed by atoms with Gasteiger partial charge in [0.2, 0.25) is 0 Å². The molecule has 0 atom stereocenters. The van der Waals surface area contributed by atoms with Crippen molar-refractivity contribution >= 4 is 28.6 Å². The van der Waals surface area contributed by atoms with Crippen LogP contribution in [0.4, 0.5) is 5.69 Å². The van der Waals surface area contributed by atoms with E-state index < -0.39 is 0 Å². The van der Waals surface area contributed by atoms with Gasteiger partial charge in [-0.3, -0.25) is 4.98 Å². The van der Waals surface area contributed by atoms with Crippen LogP contribution in [0.3, 0.4) is 0 Å². The quantitative estimate of drug-likeness (QED) is 0.640. The van der Waals surface area contributed by atoms with E-state index in [4.69, 9.17) is 0 Å². The normalized spacial score (nSPS) is 11.2. The zero-order valence-corrected chi connectivity index (χ0v) is 13.7. The van der Waals surface area contributed by atoms with E-state index in [1.807, 2.05) is 12.3 Å². The van der Waals surface area contributed by atoms with Crippen LogP contribution in [0.5, 0.6) is 0 Å². The number of fused-ring (bicyclic) bond motifs is 1. The van der Waals surface area contributed by atoms with Gasteiger partial charge < -0.3 is 4.90 Å². The van der Waals surface area contributed by atoms with E-state index in [1.165, 1.54) is 22.0 Å². The van der Waals surface area contributed by atoms with Crippen molar-refractivity contribution in [3.8, 4) is 0 Å². The van der Waals surface area contributed by atoms with Gasteiger partial charge in [0, 0.05) is 30.4 Å². The molecule has 3 rings (SSSR count). The van der Waals surface area contributed by atoms with Gasteiger partial charge >= 0.3 is 0 Å². The van der Waals surface area contributed by atoms with Gasteiger partial charge in [0.1, 0.15) is 0 Å². The van der Waals surface area contributed by atoms with Crippen molar-refractivity contribution in [1.29, 1.82) is 0 Å². The van der Waals surface area contributed by atoms with Crippen molar-refractivity contribution in [2.24, 2.45) is 0 Å². The number of anilines is 1. The van der Waals surface area contributed by atoms with Gasteiger partial charge in [0.05, 0.1) is 5.69 Å². The lowest BCUT2D eigenvalue weighted by atomic mass is 10.1. The number of hydrogen-bond acceptors (Lipinski definition) is 2. The van der Waals surface area contributed by atoms with Crippen molar-refractivity contribution in [2.45, 2.75) is 13.8 Å². The fraction of sp³-hybridized carbons (Fsp3) is 0.190. The highest BCUT2D eigenvalue weighted by molar-refractivity contribution is 5.91. The SMILES string of the molecule is CCN(CC)c1ccc(/C=C\c2nccc3ccccc23)cc1. The average Bonchev–Trinajstić information content (AvgIpc) is 2.62. The van der Waals surface area contributed by atoms with Crippen molar-refractivity contribution in [1.82, 2.24) is 4.98 Å². The van der Waals surface area contributed by atoms with Crippen LogP contribution in [0, 0.1) is 0 Å². The lowest BCUT2D eigenvalue weighted by molar-refractivity contribution is 0.866. The van der Waals surface area contributed by atoms with E-state index in [1.54, 1.807) is 0 Å². The molecule has 0 bridgehead atoms. The molecular formula is C21H22N2. The van der Waals surface area contributed by atoms with Crippen LogP contribution >= 0.6 is 0 Å². The second kappa shape index (κ2) is 7.10. The maximum Gasteiger partial charge on any atom is 0.0708 e. The molecule has 0 saturated carbocycles. The number of nitrogens with zero attached hydrogens (tertiary/aromatic N) is 2. The van der Waals surface area contributed by atoms with Crippen LogP contribution in [-0.2, 0) is 0 Å². The van der Waals surface area contributed by atoms with Gasteiger partial charge in [0.15, 0.2) is 0 Å². The van der Waals surface area contributed by atoms with Crippen molar-refractivity contribution in [3.63, 3.8) is 0 Å². The van der Waals surface area contributed by atoms with Crippen molar-refractivity contribution in [2.75, 3.05) is 18.0 Å². The second-order valence-electron chi connectivity index (χ2n) is 5.51. The summed E-state index contributed by atoms with van der Waals surface area (Å²) in [6.45, 7) is 6.43. The lowest BCUT2D eigenvalue weighted by Gasteiger charge is -2.20. The third kappa shape index (κ3) is 3.42. The number of benzene rings is 2. The molecule has 1 heterocycles. The fourth-order valence-electron chi connectivity index (χ4n) is 2.84. The molecule has 0 unspecified atom stereocenters. The van der Waals surface area contributed by atoms with Gasteiger partial charge in [0.25, 0.3) is 0 Å². The minimum atomic E-state index is 1.01. The summed E-state index contributed by atoms with van der Waals surface area (Å²) < 4.78 is 0. The fourth-order valence-corrected chi connectivity index (χ4v) is 2.84. The molecule has 2 nitrogen and oxygen atoms in total. The molecule has 0 aliphatic rings. The number of pyridine rings is 1. The van der Waals surface area contributed by atoms with Gasteiger partial charge in [-0.25, -0.2) is 0 Å². The van der Waals surface area contributed by atoms with Crippen molar-refractivity contribution < 1.29 is 0 Å². The van der Waals surface area contributed by atoms with E-state index in [0.717, 1.165) is 18.8 Å². The minimum absolute atomic E-state index is 1.01. The van der Waals surface area contributed by atoms with Crippen molar-refractivity contribution in [3.05, 3.63) is 72.1 Å². The Kier molecular flexibility index (Phi) is 4.72. The minimum Gasteiger partial charge on any atom is -0.372 e. The first-order valence-corrected chi connectivity index (χ1v) is 8.18. The molecule has 0 N–H and O–H groups in total. The highest BCUT2D eigenvalue weighted by Crippen LogP contribution is 2.20. The second-order valence-corrected chi connectivity index (χ2v) is 5.51. The van der Waals surface area contributed by atoms with Crippen LogP contribution in [0.25, 0.3) is 22.9 Å². The number of hydrogen-bond donors (Lipinski definition) is 0. The highest BCUT2D eigenvalue weighted by atomic mass is 15.1. The molecule has 0 aliphatic heterocycles. The van der Waals surface area contributed by atoms with E-state index >= 15 is 0 Å². The lowest BCUT2D eigenvalue weighted by Crippen LogP contribution is -2.21. The van der Waals surface area contributed by atoms with E-state index in [-0.39, 0.29) is 0 Å². The summed E-state index contributed by atoms with van der Waals surface area (Å²) in [4.78, 5) is 6.85. The Hall–Kier alpha value is -2.61. The van der Waals surface area contributed by atoms with E-state index in [2.05, 4.69) is 84.4 Å². The summed E-state index contributed by atoms with van der Waals surface area (Å²) in [5, 5.41) is 2.41. The summed E-state index contributed by atoms with van der Waals surface area (Å²) in [6.07, 6.45) is 6.08. The Morgan fingerprint density at radius 3 is 2.35 bits per heavy atom. The Balaban J connectivity index is 1.85. The maximum atomic E-state index is 4.50. The van der Waals surface area contributed by atoms with Gasteiger partial charge in [-0.2, -0.15) is 0 Å². The van der Waals surface area contributed by atoms with Crippen LogP contribution < -0.4 is 4.90 Å². The summed E-state index contributed by atoms with van der Waals surface area (Å²) in [7, 11) is 0. The highest BCUT2D eigenvalue weighted by Gasteiger charge is 2.01. The van der Waals surface area contributed by atoms with Crippen LogP contribution in [0.2, 0.25) is 0 Å². The van der Waals surface area contributed by atoms with Gasteiger partial charge in [-0.1, -0.05) is 42.5 Å². The van der Waals surface area contributed by atoms with Crippen LogP contribution in [0.1, 0.15) is 25.1 Å². The molecule has 3 aromatic rings. The zero-order chi connectivity index (χ0) is 16.1. The Labute approximate surface area is 138 Å². The van der Waals surface area contributed by atoms with Gasteiger partial charge in [-0.15, -0.1) is 0 Å². The predicted octanol–water partition coefficient (Wildman–Crippen LogP) is 5.25. The first kappa shape index (κ1) is 15.3. The molecule has 0 fully saturated rings. The molecule has 0 amide bonds. The average molecular weight is 302 g/mol. The van der Waals surface area contributed by atoms with Gasteiger partial charge in [-0.05, 0) is 49.1 Å². The van der Waals surface area contributed by atoms with Crippen LogP contribution in [-0.4, -0.2) is 18.1 Å². The maximum absolute atomic E-state index is 4.50. The smallest absolute Gasteiger partial charge is 0.0708 e. The van der Waals surface area contributed by atoms with Crippen LogP contribution in [0.15, 0.2) is 60.8 Å². The Morgan fingerprint density at radius 2 is 1.61 bits per heavy atom. The monoisotopic (exact) mass is 302 g/mol. The molecule has 2 heteroatoms. The Bertz CT molecular complexity index is 794. The molecule has 23 heavy (non-hydrogen) atoms. The summed E-state index contributed by atoms with van der Waals surface area (Å²) in [5.74, 6) is 0. The molecule has 2 aromatic carbocycles. The first-order chi connectivity index (χ1) is 11.3. The third-order valence-electron chi connectivity index (χ3n) is 4.16. The zero-order valence-electron chi connectivity index (χ0n) is 13.7. The first-order valence-electron chi connectivity index (χ1n) is 8.18. The summed E-state index contributed by atoms with van der Waals surface area (Å²) in [6, 6.07) is 19.1. The topological polar surface area (TPSA) is 16.1 Å². The number of rotatable bonds is 5. The molecule has 0 radical (unpaired) electrons. The molecule has 0 spiro atoms. The van der Waals surface area contributed by atoms with E-state index in [0.29, 0.717) is 0 Å². The summed E-state index contributed by atoms with van der Waals surface area (Å²) >= 11 is 0. The largest absolute Gasteiger partial charge is 0.372 e. The third-order valence-corrected chi connectivity index (χ3v) is 4.16. The molecule has 0 saturated heterocycles. The standard InChI is InChI=1S/C21H22N2/c1-3-23(4-2)19-12-9-17(10-13-19)11-14-21-20-8-6-5-7-18(20)15-16-22-21/h5-16H,3-4H2,1-2H3/b14-11-. The molecule has 116 valence electrons. The molecule has 1 aromatic heterocycles. The summed E-state index contributed by atoms with van der Waals surface area (Å²) in [5.41, 5.74) is 3.47. The molecular weight excluding hydrogens is 280 g/mol. The Morgan fingerprint density at radius 1 is 0.870 bits per heavy atom. The number of aromatic nitrogens is 1.